The van der Waals surface area contributed by atoms with Crippen molar-refractivity contribution in [2.45, 2.75) is 12.8 Å². The van der Waals surface area contributed by atoms with Crippen molar-refractivity contribution in [3.05, 3.63) is 59.4 Å². The fourth-order valence-corrected chi connectivity index (χ4v) is 1.95. The Labute approximate surface area is 141 Å². The largest absolute Gasteiger partial charge is 0.357 e. The van der Waals surface area contributed by atoms with E-state index in [1.54, 1.807) is 18.3 Å². The molecule has 0 aliphatic rings. The summed E-state index contributed by atoms with van der Waals surface area (Å²) in [5.41, 5.74) is 4.49. The van der Waals surface area contributed by atoms with Crippen LogP contribution in [0.5, 0.6) is 0 Å². The number of carbonyl (C=O) groups excluding carboxylic acids is 3. The van der Waals surface area contributed by atoms with E-state index in [2.05, 4.69) is 21.2 Å². The molecule has 0 spiro atoms. The van der Waals surface area contributed by atoms with Gasteiger partial charge in [0.05, 0.1) is 5.56 Å². The lowest BCUT2D eigenvalue weighted by molar-refractivity contribution is -0.121. The van der Waals surface area contributed by atoms with Gasteiger partial charge in [0.2, 0.25) is 5.91 Å². The number of H-pyrrole nitrogens is 1. The molecule has 0 atom stereocenters. The number of hydrogen-bond acceptors (Lipinski definition) is 3. The summed E-state index contributed by atoms with van der Waals surface area (Å²) in [5, 5.41) is 2.43. The quantitative estimate of drug-likeness (QED) is 0.466. The molecule has 3 amide bonds. The summed E-state index contributed by atoms with van der Waals surface area (Å²) in [6, 6.07) is 5.84. The van der Waals surface area contributed by atoms with Crippen molar-refractivity contribution in [2.75, 3.05) is 6.54 Å². The first-order valence-electron chi connectivity index (χ1n) is 7.43. The van der Waals surface area contributed by atoms with Gasteiger partial charge in [0, 0.05) is 25.2 Å². The van der Waals surface area contributed by atoms with Gasteiger partial charge in [-0.1, -0.05) is 0 Å². The fraction of sp³-hybridized carbons (Fsp3) is 0.188. The van der Waals surface area contributed by atoms with E-state index in [1.165, 1.54) is 0 Å². The minimum Gasteiger partial charge on any atom is -0.357 e. The van der Waals surface area contributed by atoms with Gasteiger partial charge in [0.15, 0.2) is 0 Å². The maximum Gasteiger partial charge on any atom is 0.286 e. The summed E-state index contributed by atoms with van der Waals surface area (Å²) in [6.07, 6.45) is 1.89. The smallest absolute Gasteiger partial charge is 0.286 e. The van der Waals surface area contributed by atoms with Crippen LogP contribution in [0.2, 0.25) is 0 Å². The molecular formula is C16H16F2N4O3. The molecule has 0 saturated heterocycles. The van der Waals surface area contributed by atoms with Crippen molar-refractivity contribution in [1.82, 2.24) is 21.2 Å². The van der Waals surface area contributed by atoms with Crippen LogP contribution in [0.15, 0.2) is 36.5 Å². The number of hydrazine groups is 1. The molecule has 0 aliphatic carbocycles. The molecule has 0 aliphatic heterocycles. The number of carbonyl (C=O) groups is 3. The summed E-state index contributed by atoms with van der Waals surface area (Å²) < 4.78 is 26.2. The highest BCUT2D eigenvalue weighted by atomic mass is 19.1. The van der Waals surface area contributed by atoms with E-state index in [0.29, 0.717) is 11.8 Å². The van der Waals surface area contributed by atoms with Crippen LogP contribution < -0.4 is 16.2 Å². The number of rotatable bonds is 6. The number of halogens is 2. The third-order valence-corrected chi connectivity index (χ3v) is 3.20. The van der Waals surface area contributed by atoms with Gasteiger partial charge in [0.1, 0.15) is 17.3 Å². The Hall–Kier alpha value is -3.23. The van der Waals surface area contributed by atoms with Gasteiger partial charge in [-0.3, -0.25) is 25.2 Å². The molecule has 0 saturated carbocycles. The molecule has 2 aromatic rings. The Balaban J connectivity index is 1.66. The second-order valence-electron chi connectivity index (χ2n) is 5.07. The van der Waals surface area contributed by atoms with Crippen LogP contribution in [0.3, 0.4) is 0 Å². The topological polar surface area (TPSA) is 103 Å². The Morgan fingerprint density at radius 2 is 1.84 bits per heavy atom. The van der Waals surface area contributed by atoms with Crippen molar-refractivity contribution >= 4 is 17.7 Å². The molecule has 1 aromatic heterocycles. The van der Waals surface area contributed by atoms with E-state index in [0.717, 1.165) is 12.1 Å². The first-order chi connectivity index (χ1) is 12.0. The van der Waals surface area contributed by atoms with E-state index in [9.17, 15) is 23.2 Å². The average Bonchev–Trinajstić information content (AvgIpc) is 3.11. The molecule has 132 valence electrons. The van der Waals surface area contributed by atoms with Gasteiger partial charge >= 0.3 is 0 Å². The number of aromatic amines is 1. The van der Waals surface area contributed by atoms with E-state index >= 15 is 0 Å². The Kier molecular flexibility index (Phi) is 6.21. The maximum atomic E-state index is 13.4. The van der Waals surface area contributed by atoms with E-state index in [4.69, 9.17) is 0 Å². The van der Waals surface area contributed by atoms with Crippen molar-refractivity contribution in [2.24, 2.45) is 0 Å². The summed E-state index contributed by atoms with van der Waals surface area (Å²) in [4.78, 5) is 37.6. The van der Waals surface area contributed by atoms with Gasteiger partial charge < -0.3 is 10.3 Å². The number of hydrogen-bond donors (Lipinski definition) is 4. The molecule has 1 heterocycles. The van der Waals surface area contributed by atoms with Gasteiger partial charge in [-0.25, -0.2) is 8.78 Å². The van der Waals surface area contributed by atoms with Gasteiger partial charge in [-0.2, -0.15) is 0 Å². The lowest BCUT2D eigenvalue weighted by Gasteiger charge is -2.08. The normalized spacial score (nSPS) is 10.2. The third kappa shape index (κ3) is 5.41. The van der Waals surface area contributed by atoms with Crippen LogP contribution in [-0.2, 0) is 4.79 Å². The summed E-state index contributed by atoms with van der Waals surface area (Å²) in [7, 11) is 0. The highest BCUT2D eigenvalue weighted by molar-refractivity contribution is 5.94. The van der Waals surface area contributed by atoms with Gasteiger partial charge in [-0.05, 0) is 30.7 Å². The number of benzene rings is 1. The summed E-state index contributed by atoms with van der Waals surface area (Å²) in [5.74, 6) is -3.35. The van der Waals surface area contributed by atoms with Gasteiger partial charge in [-0.15, -0.1) is 0 Å². The van der Waals surface area contributed by atoms with E-state index in [-0.39, 0.29) is 24.9 Å². The van der Waals surface area contributed by atoms with Gasteiger partial charge in [0.25, 0.3) is 11.8 Å². The highest BCUT2D eigenvalue weighted by Gasteiger charge is 2.12. The summed E-state index contributed by atoms with van der Waals surface area (Å²) >= 11 is 0. The summed E-state index contributed by atoms with van der Waals surface area (Å²) in [6.45, 7) is 0.119. The zero-order valence-electron chi connectivity index (χ0n) is 13.1. The Morgan fingerprint density at radius 3 is 2.52 bits per heavy atom. The second-order valence-corrected chi connectivity index (χ2v) is 5.07. The molecule has 9 heteroatoms. The fourth-order valence-electron chi connectivity index (χ4n) is 1.95. The SMILES string of the molecule is O=C(CCCNC(=O)c1ccc(F)cc1F)NNC(=O)c1ccc[nH]1. The van der Waals surface area contributed by atoms with Crippen molar-refractivity contribution in [3.63, 3.8) is 0 Å². The number of amides is 3. The molecule has 7 nitrogen and oxygen atoms in total. The van der Waals surface area contributed by atoms with Crippen LogP contribution in [0, 0.1) is 11.6 Å². The molecule has 0 bridgehead atoms. The van der Waals surface area contributed by atoms with Crippen LogP contribution in [0.1, 0.15) is 33.7 Å². The second kappa shape index (κ2) is 8.57. The zero-order chi connectivity index (χ0) is 18.2. The van der Waals surface area contributed by atoms with E-state index in [1.807, 2.05) is 0 Å². The predicted molar refractivity (Wildman–Crippen MR) is 84.3 cm³/mol. The highest BCUT2D eigenvalue weighted by Crippen LogP contribution is 2.09. The Morgan fingerprint density at radius 1 is 1.04 bits per heavy atom. The first kappa shape index (κ1) is 18.1. The minimum atomic E-state index is -0.956. The lowest BCUT2D eigenvalue weighted by atomic mass is 10.2. The minimum absolute atomic E-state index is 0.0389. The van der Waals surface area contributed by atoms with Crippen LogP contribution >= 0.6 is 0 Å². The molecular weight excluding hydrogens is 334 g/mol. The number of aromatic nitrogens is 1. The average molecular weight is 350 g/mol. The first-order valence-corrected chi connectivity index (χ1v) is 7.43. The number of nitrogens with one attached hydrogen (secondary N) is 4. The molecule has 4 N–H and O–H groups in total. The van der Waals surface area contributed by atoms with Crippen LogP contribution in [0.4, 0.5) is 8.78 Å². The van der Waals surface area contributed by atoms with Crippen LogP contribution in [-0.4, -0.2) is 29.3 Å². The van der Waals surface area contributed by atoms with E-state index < -0.39 is 29.4 Å². The molecule has 0 unspecified atom stereocenters. The standard InChI is InChI=1S/C16H16F2N4O3/c17-10-5-6-11(12(18)9-10)15(24)20-8-2-4-14(23)21-22-16(25)13-3-1-7-19-13/h1,3,5-7,9,19H,2,4,8H2,(H,20,24)(H,21,23)(H,22,25). The lowest BCUT2D eigenvalue weighted by Crippen LogP contribution is -2.42. The monoisotopic (exact) mass is 350 g/mol. The van der Waals surface area contributed by atoms with Crippen LogP contribution in [0.25, 0.3) is 0 Å². The van der Waals surface area contributed by atoms with Crippen molar-refractivity contribution in [1.29, 1.82) is 0 Å². The maximum absolute atomic E-state index is 13.4. The molecule has 0 fully saturated rings. The zero-order valence-corrected chi connectivity index (χ0v) is 13.1. The predicted octanol–water partition coefficient (Wildman–Crippen LogP) is 1.26. The molecule has 0 radical (unpaired) electrons. The van der Waals surface area contributed by atoms with Crippen molar-refractivity contribution < 1.29 is 23.2 Å². The third-order valence-electron chi connectivity index (χ3n) is 3.20. The molecule has 2 rings (SSSR count). The molecule has 25 heavy (non-hydrogen) atoms. The Bertz CT molecular complexity index is 763. The van der Waals surface area contributed by atoms with Crippen molar-refractivity contribution in [3.8, 4) is 0 Å². The molecule has 1 aromatic carbocycles.